The van der Waals surface area contributed by atoms with E-state index in [0.29, 0.717) is 5.69 Å². The second-order valence-electron chi connectivity index (χ2n) is 2.64. The molecule has 0 radical (unpaired) electrons. The number of imide groups is 1. The van der Waals surface area contributed by atoms with Gasteiger partial charge in [-0.3, -0.25) is 20.2 Å². The number of hydrogen-bond donors (Lipinski definition) is 2. The van der Waals surface area contributed by atoms with E-state index in [1.165, 1.54) is 11.3 Å². The molecule has 1 atom stereocenters. The van der Waals surface area contributed by atoms with E-state index >= 15 is 0 Å². The summed E-state index contributed by atoms with van der Waals surface area (Å²) in [5, 5.41) is 6.83. The molecule has 2 rings (SSSR count). The van der Waals surface area contributed by atoms with Gasteiger partial charge in [-0.25, -0.2) is 4.98 Å². The number of carbonyl (C=O) groups is 2. The Balaban J connectivity index is 2.17. The number of thiazole rings is 1. The van der Waals surface area contributed by atoms with Crippen molar-refractivity contribution in [2.24, 2.45) is 0 Å². The van der Waals surface area contributed by atoms with Crippen molar-refractivity contribution in [3.63, 3.8) is 0 Å². The second kappa shape index (κ2) is 3.23. The van der Waals surface area contributed by atoms with Gasteiger partial charge < -0.3 is 0 Å². The first-order chi connectivity index (χ1) is 6.27. The molecule has 1 aromatic heterocycles. The number of rotatable bonds is 1. The third kappa shape index (κ3) is 1.58. The smallest absolute Gasteiger partial charge is 0.249 e. The summed E-state index contributed by atoms with van der Waals surface area (Å²) < 4.78 is 0. The molecule has 1 unspecified atom stereocenters. The Kier molecular flexibility index (Phi) is 2.07. The van der Waals surface area contributed by atoms with Crippen molar-refractivity contribution in [1.29, 1.82) is 0 Å². The fourth-order valence-electron chi connectivity index (χ4n) is 1.14. The fourth-order valence-corrected chi connectivity index (χ4v) is 1.72. The van der Waals surface area contributed by atoms with Crippen molar-refractivity contribution >= 4 is 23.2 Å². The van der Waals surface area contributed by atoms with Gasteiger partial charge in [-0.05, 0) is 0 Å². The van der Waals surface area contributed by atoms with E-state index in [1.807, 2.05) is 0 Å². The molecule has 13 heavy (non-hydrogen) atoms. The van der Waals surface area contributed by atoms with Gasteiger partial charge in [-0.2, -0.15) is 0 Å². The highest BCUT2D eigenvalue weighted by Gasteiger charge is 2.28. The lowest BCUT2D eigenvalue weighted by molar-refractivity contribution is -0.134. The normalized spacial score (nSPS) is 22.9. The molecule has 1 aromatic rings. The molecule has 0 saturated carbocycles. The third-order valence-electron chi connectivity index (χ3n) is 1.74. The second-order valence-corrected chi connectivity index (χ2v) is 3.36. The van der Waals surface area contributed by atoms with E-state index in [1.54, 1.807) is 10.9 Å². The van der Waals surface area contributed by atoms with Gasteiger partial charge in [-0.15, -0.1) is 11.3 Å². The van der Waals surface area contributed by atoms with E-state index in [0.717, 1.165) is 0 Å². The lowest BCUT2D eigenvalue weighted by atomic mass is 10.2. The van der Waals surface area contributed by atoms with Gasteiger partial charge in [0.2, 0.25) is 11.8 Å². The molecule has 6 heteroatoms. The number of hydrogen-bond acceptors (Lipinski definition) is 5. The summed E-state index contributed by atoms with van der Waals surface area (Å²) in [6, 6.07) is -0.482. The monoisotopic (exact) mass is 197 g/mol. The van der Waals surface area contributed by atoms with Crippen LogP contribution in [-0.4, -0.2) is 23.3 Å². The predicted octanol–water partition coefficient (Wildman–Crippen LogP) is -0.570. The molecule has 0 aromatic carbocycles. The van der Waals surface area contributed by atoms with Crippen LogP contribution < -0.4 is 10.6 Å². The molecule has 0 bridgehead atoms. The Morgan fingerprint density at radius 1 is 1.54 bits per heavy atom. The van der Waals surface area contributed by atoms with Crippen LogP contribution >= 0.6 is 11.3 Å². The van der Waals surface area contributed by atoms with Crippen LogP contribution in [0.2, 0.25) is 0 Å². The van der Waals surface area contributed by atoms with E-state index in [2.05, 4.69) is 15.6 Å². The van der Waals surface area contributed by atoms with Crippen molar-refractivity contribution in [1.82, 2.24) is 15.6 Å². The Bertz CT molecular complexity index is 336. The van der Waals surface area contributed by atoms with Crippen LogP contribution in [0.5, 0.6) is 0 Å². The van der Waals surface area contributed by atoms with Gasteiger partial charge in [0, 0.05) is 5.38 Å². The summed E-state index contributed by atoms with van der Waals surface area (Å²) in [4.78, 5) is 26.0. The van der Waals surface area contributed by atoms with Gasteiger partial charge in [0.25, 0.3) is 0 Å². The fraction of sp³-hybridized carbons (Fsp3) is 0.286. The van der Waals surface area contributed by atoms with Crippen LogP contribution in [-0.2, 0) is 9.59 Å². The first-order valence-electron chi connectivity index (χ1n) is 3.72. The molecule has 2 N–H and O–H groups in total. The van der Waals surface area contributed by atoms with Crippen LogP contribution in [0, 0.1) is 0 Å². The maximum atomic E-state index is 11.3. The van der Waals surface area contributed by atoms with Gasteiger partial charge in [0.05, 0.1) is 17.7 Å². The maximum absolute atomic E-state index is 11.3. The van der Waals surface area contributed by atoms with E-state index in [-0.39, 0.29) is 18.4 Å². The maximum Gasteiger partial charge on any atom is 0.249 e. The number of carbonyl (C=O) groups excluding carboxylic acids is 2. The average Bonchev–Trinajstić information content (AvgIpc) is 2.56. The highest BCUT2D eigenvalue weighted by molar-refractivity contribution is 7.07. The number of amides is 2. The minimum absolute atomic E-state index is 0.161. The number of aromatic nitrogens is 1. The summed E-state index contributed by atoms with van der Waals surface area (Å²) in [7, 11) is 0. The molecule has 1 fully saturated rings. The van der Waals surface area contributed by atoms with E-state index in [9.17, 15) is 9.59 Å². The highest BCUT2D eigenvalue weighted by atomic mass is 32.1. The first-order valence-corrected chi connectivity index (χ1v) is 4.67. The Morgan fingerprint density at radius 3 is 3.00 bits per heavy atom. The molecule has 2 amide bonds. The Labute approximate surface area is 78.2 Å². The molecule has 1 saturated heterocycles. The van der Waals surface area contributed by atoms with Gasteiger partial charge in [-0.1, -0.05) is 0 Å². The summed E-state index contributed by atoms with van der Waals surface area (Å²) in [5.74, 6) is -0.626. The summed E-state index contributed by atoms with van der Waals surface area (Å²) in [6.45, 7) is 0.161. The van der Waals surface area contributed by atoms with Crippen LogP contribution in [0.1, 0.15) is 11.7 Å². The van der Waals surface area contributed by atoms with Crippen molar-refractivity contribution in [3.05, 3.63) is 16.6 Å². The molecule has 1 aliphatic heterocycles. The van der Waals surface area contributed by atoms with Crippen LogP contribution in [0.4, 0.5) is 0 Å². The first kappa shape index (κ1) is 8.33. The quantitative estimate of drug-likeness (QED) is 0.591. The third-order valence-corrected chi connectivity index (χ3v) is 2.34. The highest BCUT2D eigenvalue weighted by Crippen LogP contribution is 2.14. The molecule has 1 aliphatic rings. The zero-order valence-corrected chi connectivity index (χ0v) is 7.43. The van der Waals surface area contributed by atoms with Gasteiger partial charge in [0.15, 0.2) is 0 Å². The Morgan fingerprint density at radius 2 is 2.38 bits per heavy atom. The minimum Gasteiger partial charge on any atom is -0.294 e. The van der Waals surface area contributed by atoms with E-state index < -0.39 is 6.04 Å². The zero-order chi connectivity index (χ0) is 9.26. The standard InChI is InChI=1S/C7H7N3O2S/c11-5-1-8-6(7(12)10-5)4-2-13-3-9-4/h2-3,6,8H,1H2,(H,10,11,12). The van der Waals surface area contributed by atoms with Crippen molar-refractivity contribution < 1.29 is 9.59 Å². The van der Waals surface area contributed by atoms with Crippen LogP contribution in [0.15, 0.2) is 10.9 Å². The molecule has 2 heterocycles. The zero-order valence-electron chi connectivity index (χ0n) is 6.61. The number of piperazine rings is 1. The molecule has 0 spiro atoms. The molecule has 0 aliphatic carbocycles. The summed E-state index contributed by atoms with van der Waals surface area (Å²) in [5.41, 5.74) is 2.32. The van der Waals surface area contributed by atoms with E-state index in [4.69, 9.17) is 0 Å². The molecular formula is C7H7N3O2S. The van der Waals surface area contributed by atoms with Gasteiger partial charge in [0.1, 0.15) is 6.04 Å². The SMILES string of the molecule is O=C1CNC(c2cscn2)C(=O)N1. The van der Waals surface area contributed by atoms with Crippen molar-refractivity contribution in [2.75, 3.05) is 6.54 Å². The summed E-state index contributed by atoms with van der Waals surface area (Å²) in [6.07, 6.45) is 0. The van der Waals surface area contributed by atoms with Gasteiger partial charge >= 0.3 is 0 Å². The lowest BCUT2D eigenvalue weighted by Gasteiger charge is -2.20. The molecule has 68 valence electrons. The minimum atomic E-state index is -0.482. The number of nitrogens with one attached hydrogen (secondary N) is 2. The topological polar surface area (TPSA) is 71.1 Å². The molecular weight excluding hydrogens is 190 g/mol. The lowest BCUT2D eigenvalue weighted by Crippen LogP contribution is -2.51. The largest absolute Gasteiger partial charge is 0.294 e. The average molecular weight is 197 g/mol. The van der Waals surface area contributed by atoms with Crippen LogP contribution in [0.25, 0.3) is 0 Å². The van der Waals surface area contributed by atoms with Crippen LogP contribution in [0.3, 0.4) is 0 Å². The van der Waals surface area contributed by atoms with Crippen molar-refractivity contribution in [3.8, 4) is 0 Å². The Hall–Kier alpha value is -1.27. The summed E-state index contributed by atoms with van der Waals surface area (Å²) >= 11 is 1.42. The number of nitrogens with zero attached hydrogens (tertiary/aromatic N) is 1. The van der Waals surface area contributed by atoms with Crippen molar-refractivity contribution in [2.45, 2.75) is 6.04 Å². The molecule has 5 nitrogen and oxygen atoms in total. The predicted molar refractivity (Wildman–Crippen MR) is 46.0 cm³/mol.